The molecule has 1 aromatic carbocycles. The average Bonchev–Trinajstić information content (AvgIpc) is 2.49. The first-order valence-corrected chi connectivity index (χ1v) is 7.93. The summed E-state index contributed by atoms with van der Waals surface area (Å²) in [5, 5.41) is 9.96. The van der Waals surface area contributed by atoms with Gasteiger partial charge in [-0.15, -0.1) is 11.8 Å². The van der Waals surface area contributed by atoms with Crippen LogP contribution < -0.4 is 0 Å². The number of hydrogen-bond acceptors (Lipinski definition) is 4. The highest BCUT2D eigenvalue weighted by Gasteiger charge is 2.26. The second-order valence-electron chi connectivity index (χ2n) is 4.55. The number of aliphatic hydroxyl groups is 1. The number of thioether (sulfide) groups is 1. The molecular formula is C14H18ClNO3S. The Labute approximate surface area is 128 Å². The smallest absolute Gasteiger partial charge is 0.223 e. The molecule has 1 aliphatic heterocycles. The molecule has 1 heterocycles. The van der Waals surface area contributed by atoms with Gasteiger partial charge in [0.15, 0.2) is 0 Å². The van der Waals surface area contributed by atoms with E-state index in [1.54, 1.807) is 16.7 Å². The summed E-state index contributed by atoms with van der Waals surface area (Å²) in [6, 6.07) is 7.38. The Morgan fingerprint density at radius 1 is 1.45 bits per heavy atom. The number of nitrogens with zero attached hydrogens (tertiary/aromatic N) is 1. The van der Waals surface area contributed by atoms with Crippen molar-refractivity contribution in [2.75, 3.05) is 32.1 Å². The lowest BCUT2D eigenvalue weighted by Crippen LogP contribution is -2.50. The Balaban J connectivity index is 1.78. The quantitative estimate of drug-likeness (QED) is 0.845. The van der Waals surface area contributed by atoms with Crippen molar-refractivity contribution >= 4 is 29.3 Å². The summed E-state index contributed by atoms with van der Waals surface area (Å²) in [4.78, 5) is 15.0. The van der Waals surface area contributed by atoms with Gasteiger partial charge in [0.05, 0.1) is 25.9 Å². The summed E-state index contributed by atoms with van der Waals surface area (Å²) in [6.45, 7) is 1.49. The summed E-state index contributed by atoms with van der Waals surface area (Å²) < 4.78 is 5.27. The third kappa shape index (κ3) is 4.38. The molecule has 20 heavy (non-hydrogen) atoms. The van der Waals surface area contributed by atoms with E-state index in [1.807, 2.05) is 24.3 Å². The Morgan fingerprint density at radius 2 is 2.20 bits per heavy atom. The zero-order valence-corrected chi connectivity index (χ0v) is 12.7. The van der Waals surface area contributed by atoms with Crippen LogP contribution in [0.4, 0.5) is 0 Å². The largest absolute Gasteiger partial charge is 0.394 e. The fourth-order valence-corrected chi connectivity index (χ4v) is 3.03. The van der Waals surface area contributed by atoms with Crippen LogP contribution in [-0.2, 0) is 9.53 Å². The van der Waals surface area contributed by atoms with E-state index < -0.39 is 0 Å². The zero-order chi connectivity index (χ0) is 14.4. The third-order valence-corrected chi connectivity index (χ3v) is 4.42. The number of hydrogen-bond donors (Lipinski definition) is 1. The molecule has 0 bridgehead atoms. The van der Waals surface area contributed by atoms with Crippen molar-refractivity contribution in [3.8, 4) is 0 Å². The fourth-order valence-electron chi connectivity index (χ4n) is 2.07. The molecule has 1 N–H and O–H groups in total. The zero-order valence-electron chi connectivity index (χ0n) is 11.1. The van der Waals surface area contributed by atoms with E-state index in [4.69, 9.17) is 16.3 Å². The number of amides is 1. The minimum absolute atomic E-state index is 0.0456. The first-order chi connectivity index (χ1) is 9.70. The molecule has 1 atom stereocenters. The molecule has 6 heteroatoms. The number of carbonyl (C=O) groups excluding carboxylic acids is 1. The molecular weight excluding hydrogens is 298 g/mol. The minimum Gasteiger partial charge on any atom is -0.394 e. The molecule has 0 radical (unpaired) electrons. The van der Waals surface area contributed by atoms with Gasteiger partial charge >= 0.3 is 0 Å². The highest BCUT2D eigenvalue weighted by molar-refractivity contribution is 7.99. The van der Waals surface area contributed by atoms with Crippen LogP contribution in [0.5, 0.6) is 0 Å². The molecule has 0 aromatic heterocycles. The maximum atomic E-state index is 12.1. The summed E-state index contributed by atoms with van der Waals surface area (Å²) in [5.74, 6) is 0.796. The molecule has 1 amide bonds. The molecule has 4 nitrogen and oxygen atoms in total. The number of benzene rings is 1. The van der Waals surface area contributed by atoms with Crippen LogP contribution in [0.3, 0.4) is 0 Å². The standard InChI is InChI=1S/C14H18ClNO3S/c15-11-1-3-13(4-2-11)20-8-5-14(18)16-6-7-19-10-12(16)9-17/h1-4,12,17H,5-10H2. The van der Waals surface area contributed by atoms with Crippen molar-refractivity contribution < 1.29 is 14.6 Å². The maximum absolute atomic E-state index is 12.1. The van der Waals surface area contributed by atoms with Crippen molar-refractivity contribution in [2.24, 2.45) is 0 Å². The van der Waals surface area contributed by atoms with E-state index in [1.165, 1.54) is 0 Å². The second kappa shape index (κ2) is 7.88. The normalized spacial score (nSPS) is 19.1. The number of carbonyl (C=O) groups is 1. The Morgan fingerprint density at radius 3 is 2.90 bits per heavy atom. The highest BCUT2D eigenvalue weighted by atomic mass is 35.5. The van der Waals surface area contributed by atoms with Gasteiger partial charge in [0.2, 0.25) is 5.91 Å². The monoisotopic (exact) mass is 315 g/mol. The Bertz CT molecular complexity index is 441. The number of rotatable bonds is 5. The number of halogens is 1. The molecule has 110 valence electrons. The molecule has 1 saturated heterocycles. The minimum atomic E-state index is -0.197. The van der Waals surface area contributed by atoms with E-state index in [9.17, 15) is 9.90 Å². The van der Waals surface area contributed by atoms with Crippen molar-refractivity contribution in [2.45, 2.75) is 17.4 Å². The van der Waals surface area contributed by atoms with Crippen LogP contribution in [-0.4, -0.2) is 54.1 Å². The van der Waals surface area contributed by atoms with Crippen molar-refractivity contribution in [1.29, 1.82) is 0 Å². The first kappa shape index (κ1) is 15.6. The number of morpholine rings is 1. The lowest BCUT2D eigenvalue weighted by atomic mass is 10.2. The predicted octanol–water partition coefficient (Wildman–Crippen LogP) is 2.04. The molecule has 0 saturated carbocycles. The van der Waals surface area contributed by atoms with Gasteiger partial charge in [0, 0.05) is 28.6 Å². The SMILES string of the molecule is O=C(CCSc1ccc(Cl)cc1)N1CCOCC1CO. The van der Waals surface area contributed by atoms with Crippen molar-refractivity contribution in [3.05, 3.63) is 29.3 Å². The van der Waals surface area contributed by atoms with Crippen molar-refractivity contribution in [3.63, 3.8) is 0 Å². The maximum Gasteiger partial charge on any atom is 0.223 e. The van der Waals surface area contributed by atoms with Crippen LogP contribution >= 0.6 is 23.4 Å². The Hall–Kier alpha value is -0.750. The van der Waals surface area contributed by atoms with E-state index in [0.717, 1.165) is 10.6 Å². The molecule has 1 unspecified atom stereocenters. The van der Waals surface area contributed by atoms with Crippen LogP contribution in [0.25, 0.3) is 0 Å². The highest BCUT2D eigenvalue weighted by Crippen LogP contribution is 2.21. The number of ether oxygens (including phenoxy) is 1. The summed E-state index contributed by atoms with van der Waals surface area (Å²) in [7, 11) is 0. The van der Waals surface area contributed by atoms with E-state index >= 15 is 0 Å². The fraction of sp³-hybridized carbons (Fsp3) is 0.500. The van der Waals surface area contributed by atoms with Gasteiger partial charge in [0.25, 0.3) is 0 Å². The number of aliphatic hydroxyl groups excluding tert-OH is 1. The third-order valence-electron chi connectivity index (χ3n) is 3.16. The van der Waals surface area contributed by atoms with Crippen LogP contribution in [0.1, 0.15) is 6.42 Å². The molecule has 0 spiro atoms. The Kier molecular flexibility index (Phi) is 6.16. The first-order valence-electron chi connectivity index (χ1n) is 6.57. The lowest BCUT2D eigenvalue weighted by molar-refractivity contribution is -0.141. The van der Waals surface area contributed by atoms with Crippen molar-refractivity contribution in [1.82, 2.24) is 4.90 Å². The van der Waals surface area contributed by atoms with E-state index in [2.05, 4.69) is 0 Å². The van der Waals surface area contributed by atoms with Crippen LogP contribution in [0.15, 0.2) is 29.2 Å². The second-order valence-corrected chi connectivity index (χ2v) is 6.16. The van der Waals surface area contributed by atoms with Gasteiger partial charge in [-0.1, -0.05) is 11.6 Å². The van der Waals surface area contributed by atoms with Crippen LogP contribution in [0, 0.1) is 0 Å². The van der Waals surface area contributed by atoms with Crippen LogP contribution in [0.2, 0.25) is 5.02 Å². The average molecular weight is 316 g/mol. The van der Waals surface area contributed by atoms with E-state index in [-0.39, 0.29) is 18.6 Å². The van der Waals surface area contributed by atoms with Gasteiger partial charge in [-0.25, -0.2) is 0 Å². The van der Waals surface area contributed by atoms with Gasteiger partial charge in [-0.3, -0.25) is 4.79 Å². The van der Waals surface area contributed by atoms with Gasteiger partial charge in [-0.2, -0.15) is 0 Å². The molecule has 0 aliphatic carbocycles. The molecule has 1 fully saturated rings. The molecule has 1 aliphatic rings. The van der Waals surface area contributed by atoms with Gasteiger partial charge in [0.1, 0.15) is 0 Å². The molecule has 1 aromatic rings. The summed E-state index contributed by atoms with van der Waals surface area (Å²) in [5.41, 5.74) is 0. The summed E-state index contributed by atoms with van der Waals surface area (Å²) in [6.07, 6.45) is 0.462. The van der Waals surface area contributed by atoms with Gasteiger partial charge in [-0.05, 0) is 24.3 Å². The molecule has 2 rings (SSSR count). The lowest BCUT2D eigenvalue weighted by Gasteiger charge is -2.34. The predicted molar refractivity (Wildman–Crippen MR) is 80.2 cm³/mol. The summed E-state index contributed by atoms with van der Waals surface area (Å²) >= 11 is 7.45. The topological polar surface area (TPSA) is 49.8 Å². The van der Waals surface area contributed by atoms with E-state index in [0.29, 0.717) is 31.2 Å². The van der Waals surface area contributed by atoms with Gasteiger partial charge < -0.3 is 14.7 Å².